The van der Waals surface area contributed by atoms with Crippen molar-refractivity contribution in [2.75, 3.05) is 0 Å². The summed E-state index contributed by atoms with van der Waals surface area (Å²) in [6, 6.07) is 4.97. The number of Topliss-reactive ketones (excluding diaryl/α,β-unsaturated/α-hetero) is 1. The number of carbonyl (C=O) groups excluding carboxylic acids is 2. The maximum atomic E-state index is 12.9. The summed E-state index contributed by atoms with van der Waals surface area (Å²) in [6.45, 7) is 4.82. The molecule has 0 aliphatic heterocycles. The van der Waals surface area contributed by atoms with Crippen LogP contribution in [0.2, 0.25) is 0 Å². The van der Waals surface area contributed by atoms with E-state index >= 15 is 0 Å². The Balaban J connectivity index is 1.74. The van der Waals surface area contributed by atoms with Gasteiger partial charge in [0.05, 0.1) is 11.7 Å². The second kappa shape index (κ2) is 7.40. The Morgan fingerprint density at radius 2 is 1.93 bits per heavy atom. The number of carbonyl (C=O) groups is 2. The zero-order valence-corrected chi connectivity index (χ0v) is 15.8. The number of esters is 1. The molecule has 140 valence electrons. The fourth-order valence-electron chi connectivity index (χ4n) is 2.66. The number of fused-ring (bicyclic) bond motifs is 1. The first-order chi connectivity index (χ1) is 12.8. The van der Waals surface area contributed by atoms with Crippen LogP contribution in [-0.4, -0.2) is 27.4 Å². The first-order valence-corrected chi connectivity index (χ1v) is 9.04. The van der Waals surface area contributed by atoms with Crippen LogP contribution < -0.4 is 5.56 Å². The third-order valence-corrected chi connectivity index (χ3v) is 5.38. The molecule has 3 rings (SSSR count). The SMILES string of the molecule is Cc1sc2ncn(CC(=O)O[C@H](C)C(=O)c3ccc(F)cc3)c(=O)c2c1C. The Hall–Kier alpha value is -2.87. The minimum atomic E-state index is -1.06. The number of ketones is 1. The van der Waals surface area contributed by atoms with E-state index in [0.717, 1.165) is 22.6 Å². The average Bonchev–Trinajstić information content (AvgIpc) is 2.92. The molecule has 0 unspecified atom stereocenters. The summed E-state index contributed by atoms with van der Waals surface area (Å²) in [7, 11) is 0. The molecule has 0 aliphatic carbocycles. The van der Waals surface area contributed by atoms with Crippen molar-refractivity contribution in [3.63, 3.8) is 0 Å². The molecule has 0 N–H and O–H groups in total. The number of hydrogen-bond donors (Lipinski definition) is 0. The van der Waals surface area contributed by atoms with Crippen LogP contribution in [0.5, 0.6) is 0 Å². The molecule has 8 heteroatoms. The summed E-state index contributed by atoms with van der Waals surface area (Å²) >= 11 is 1.42. The van der Waals surface area contributed by atoms with E-state index in [9.17, 15) is 18.8 Å². The zero-order valence-electron chi connectivity index (χ0n) is 15.0. The van der Waals surface area contributed by atoms with E-state index in [4.69, 9.17) is 4.74 Å². The Morgan fingerprint density at radius 3 is 2.59 bits per heavy atom. The molecule has 0 bridgehead atoms. The fraction of sp³-hybridized carbons (Fsp3) is 0.263. The maximum Gasteiger partial charge on any atom is 0.326 e. The van der Waals surface area contributed by atoms with Gasteiger partial charge in [-0.2, -0.15) is 0 Å². The molecular formula is C19H17FN2O4S. The lowest BCUT2D eigenvalue weighted by Gasteiger charge is -2.13. The molecule has 2 heterocycles. The monoisotopic (exact) mass is 388 g/mol. The Morgan fingerprint density at radius 1 is 1.26 bits per heavy atom. The van der Waals surface area contributed by atoms with Crippen molar-refractivity contribution in [2.45, 2.75) is 33.4 Å². The zero-order chi connectivity index (χ0) is 19.7. The smallest absolute Gasteiger partial charge is 0.326 e. The molecule has 3 aromatic rings. The van der Waals surface area contributed by atoms with Crippen molar-refractivity contribution < 1.29 is 18.7 Å². The quantitative estimate of drug-likeness (QED) is 0.496. The number of aromatic nitrogens is 2. The number of ether oxygens (including phenoxy) is 1. The van der Waals surface area contributed by atoms with Crippen LogP contribution >= 0.6 is 11.3 Å². The summed E-state index contributed by atoms with van der Waals surface area (Å²) in [5.74, 6) is -1.64. The van der Waals surface area contributed by atoms with Crippen LogP contribution in [0.15, 0.2) is 35.4 Å². The molecule has 1 atom stereocenters. The standard InChI is InChI=1S/C19H17FN2O4S/c1-10-12(3)27-18-16(10)19(25)22(9-21-18)8-15(23)26-11(2)17(24)13-4-6-14(20)7-5-13/h4-7,9,11H,8H2,1-3H3/t11-/m1/s1. The normalized spacial score (nSPS) is 12.1. The van der Waals surface area contributed by atoms with Crippen molar-refractivity contribution >= 4 is 33.3 Å². The number of hydrogen-bond acceptors (Lipinski definition) is 6. The number of thiophene rings is 1. The highest BCUT2D eigenvalue weighted by Crippen LogP contribution is 2.25. The second-order valence-corrected chi connectivity index (χ2v) is 7.35. The number of nitrogens with zero attached hydrogens (tertiary/aromatic N) is 2. The molecule has 27 heavy (non-hydrogen) atoms. The van der Waals surface area contributed by atoms with E-state index in [1.165, 1.54) is 41.3 Å². The van der Waals surface area contributed by atoms with Gasteiger partial charge in [-0.3, -0.25) is 19.0 Å². The van der Waals surface area contributed by atoms with Gasteiger partial charge in [0.25, 0.3) is 5.56 Å². The minimum absolute atomic E-state index is 0.237. The van der Waals surface area contributed by atoms with Gasteiger partial charge in [0, 0.05) is 10.4 Å². The molecule has 0 spiro atoms. The lowest BCUT2D eigenvalue weighted by atomic mass is 10.1. The second-order valence-electron chi connectivity index (χ2n) is 6.14. The summed E-state index contributed by atoms with van der Waals surface area (Å²) in [5, 5.41) is 0.489. The van der Waals surface area contributed by atoms with Crippen LogP contribution in [0.3, 0.4) is 0 Å². The average molecular weight is 388 g/mol. The highest BCUT2D eigenvalue weighted by atomic mass is 32.1. The van der Waals surface area contributed by atoms with Gasteiger partial charge < -0.3 is 4.74 Å². The van der Waals surface area contributed by atoms with Gasteiger partial charge in [-0.05, 0) is 50.6 Å². The van der Waals surface area contributed by atoms with Gasteiger partial charge in [-0.25, -0.2) is 9.37 Å². The van der Waals surface area contributed by atoms with E-state index < -0.39 is 23.7 Å². The van der Waals surface area contributed by atoms with Crippen molar-refractivity contribution in [3.8, 4) is 0 Å². The van der Waals surface area contributed by atoms with Crippen LogP contribution in [0.1, 0.15) is 27.7 Å². The van der Waals surface area contributed by atoms with Gasteiger partial charge in [-0.15, -0.1) is 11.3 Å². The van der Waals surface area contributed by atoms with E-state index in [-0.39, 0.29) is 17.7 Å². The van der Waals surface area contributed by atoms with Gasteiger partial charge in [0.2, 0.25) is 5.78 Å². The van der Waals surface area contributed by atoms with Gasteiger partial charge in [0.1, 0.15) is 17.2 Å². The lowest BCUT2D eigenvalue weighted by Crippen LogP contribution is -2.30. The summed E-state index contributed by atoms with van der Waals surface area (Å²) in [6.07, 6.45) is 0.244. The largest absolute Gasteiger partial charge is 0.453 e. The molecule has 0 saturated heterocycles. The number of benzene rings is 1. The highest BCUT2D eigenvalue weighted by Gasteiger charge is 2.21. The molecule has 0 aliphatic rings. The van der Waals surface area contributed by atoms with Gasteiger partial charge in [0.15, 0.2) is 6.10 Å². The molecule has 6 nitrogen and oxygen atoms in total. The van der Waals surface area contributed by atoms with E-state index in [2.05, 4.69) is 4.98 Å². The Kier molecular flexibility index (Phi) is 5.18. The molecule has 0 saturated carbocycles. The molecule has 0 radical (unpaired) electrons. The van der Waals surface area contributed by atoms with Gasteiger partial charge in [-0.1, -0.05) is 0 Å². The number of aryl methyl sites for hydroxylation is 2. The van der Waals surface area contributed by atoms with Crippen LogP contribution in [0.4, 0.5) is 4.39 Å². The third kappa shape index (κ3) is 3.80. The van der Waals surface area contributed by atoms with Crippen molar-refractivity contribution in [2.24, 2.45) is 0 Å². The number of halogens is 1. The Labute approximate surface area is 158 Å². The summed E-state index contributed by atoms with van der Waals surface area (Å²) in [5.41, 5.74) is 0.757. The van der Waals surface area contributed by atoms with Crippen molar-refractivity contribution in [1.29, 1.82) is 0 Å². The molecule has 0 fully saturated rings. The highest BCUT2D eigenvalue weighted by molar-refractivity contribution is 7.18. The third-order valence-electron chi connectivity index (χ3n) is 4.26. The van der Waals surface area contributed by atoms with E-state index in [1.54, 1.807) is 0 Å². The first-order valence-electron chi connectivity index (χ1n) is 8.22. The summed E-state index contributed by atoms with van der Waals surface area (Å²) < 4.78 is 19.2. The molecule has 1 aromatic carbocycles. The van der Waals surface area contributed by atoms with Crippen molar-refractivity contribution in [1.82, 2.24) is 9.55 Å². The fourth-order valence-corrected chi connectivity index (χ4v) is 3.65. The lowest BCUT2D eigenvalue weighted by molar-refractivity contribution is -0.147. The van der Waals surface area contributed by atoms with Crippen LogP contribution in [0.25, 0.3) is 10.2 Å². The summed E-state index contributed by atoms with van der Waals surface area (Å²) in [4.78, 5) is 42.9. The Bertz CT molecular complexity index is 1090. The molecule has 0 amide bonds. The van der Waals surface area contributed by atoms with Crippen molar-refractivity contribution in [3.05, 3.63) is 62.8 Å². The van der Waals surface area contributed by atoms with E-state index in [0.29, 0.717) is 10.2 Å². The first kappa shape index (κ1) is 18.9. The van der Waals surface area contributed by atoms with Crippen LogP contribution in [0, 0.1) is 19.7 Å². The number of rotatable bonds is 5. The molecule has 2 aromatic heterocycles. The molecular weight excluding hydrogens is 371 g/mol. The topological polar surface area (TPSA) is 78.3 Å². The predicted octanol–water partition coefficient (Wildman–Crippen LogP) is 3.03. The minimum Gasteiger partial charge on any atom is -0.453 e. The van der Waals surface area contributed by atoms with Crippen LogP contribution in [-0.2, 0) is 16.1 Å². The van der Waals surface area contributed by atoms with E-state index in [1.807, 2.05) is 13.8 Å². The predicted molar refractivity (Wildman–Crippen MR) is 99.6 cm³/mol. The van der Waals surface area contributed by atoms with Gasteiger partial charge >= 0.3 is 5.97 Å². The maximum absolute atomic E-state index is 12.9.